The Hall–Kier alpha value is -3.78. The van der Waals surface area contributed by atoms with Gasteiger partial charge in [0.2, 0.25) is 0 Å². The van der Waals surface area contributed by atoms with E-state index in [-0.39, 0.29) is 5.41 Å². The average Bonchev–Trinajstić information content (AvgIpc) is 3.36. The Morgan fingerprint density at radius 3 is 2.55 bits per heavy atom. The number of hydrogen-bond acceptors (Lipinski definition) is 1. The zero-order chi connectivity index (χ0) is 20.6. The fourth-order valence-electron chi connectivity index (χ4n) is 5.35. The maximum atomic E-state index is 6.21. The summed E-state index contributed by atoms with van der Waals surface area (Å²) < 4.78 is 6.21. The largest absolute Gasteiger partial charge is 0.456 e. The van der Waals surface area contributed by atoms with Crippen LogP contribution in [0.4, 0.5) is 0 Å². The molecule has 0 saturated heterocycles. The number of hydrogen-bond donors (Lipinski definition) is 1. The van der Waals surface area contributed by atoms with Crippen molar-refractivity contribution < 1.29 is 4.42 Å². The van der Waals surface area contributed by atoms with E-state index in [0.717, 1.165) is 17.6 Å². The van der Waals surface area contributed by atoms with Gasteiger partial charge in [0.1, 0.15) is 11.2 Å². The lowest BCUT2D eigenvalue weighted by atomic mass is 9.73. The molecule has 0 saturated carbocycles. The normalized spacial score (nSPS) is 18.4. The molecule has 0 amide bonds. The van der Waals surface area contributed by atoms with Crippen molar-refractivity contribution in [2.24, 2.45) is 0 Å². The molecule has 6 aromatic rings. The summed E-state index contributed by atoms with van der Waals surface area (Å²) in [5.41, 5.74) is 7.01. The molecule has 0 radical (unpaired) electrons. The number of furan rings is 1. The molecule has 4 aromatic carbocycles. The van der Waals surface area contributed by atoms with Crippen LogP contribution in [0.3, 0.4) is 0 Å². The Labute approximate surface area is 179 Å². The van der Waals surface area contributed by atoms with E-state index in [2.05, 4.69) is 103 Å². The summed E-state index contributed by atoms with van der Waals surface area (Å²) in [4.78, 5) is 3.57. The first kappa shape index (κ1) is 17.0. The molecule has 0 aliphatic heterocycles. The highest BCUT2D eigenvalue weighted by molar-refractivity contribution is 6.18. The number of fused-ring (bicyclic) bond motifs is 8. The Morgan fingerprint density at radius 2 is 1.61 bits per heavy atom. The van der Waals surface area contributed by atoms with Gasteiger partial charge in [-0.1, -0.05) is 67.6 Å². The molecule has 7 rings (SSSR count). The van der Waals surface area contributed by atoms with E-state index in [4.69, 9.17) is 4.42 Å². The third-order valence-corrected chi connectivity index (χ3v) is 7.03. The van der Waals surface area contributed by atoms with Crippen LogP contribution < -0.4 is 0 Å². The first-order valence-corrected chi connectivity index (χ1v) is 10.8. The number of nitrogens with one attached hydrogen (secondary N) is 1. The van der Waals surface area contributed by atoms with Crippen molar-refractivity contribution in [2.75, 3.05) is 0 Å². The maximum Gasteiger partial charge on any atom is 0.136 e. The predicted molar refractivity (Wildman–Crippen MR) is 130 cm³/mol. The van der Waals surface area contributed by atoms with Crippen LogP contribution in [0, 0.1) is 0 Å². The third kappa shape index (κ3) is 2.33. The van der Waals surface area contributed by atoms with Gasteiger partial charge in [0, 0.05) is 32.8 Å². The molecular weight excluding hydrogens is 378 g/mol. The van der Waals surface area contributed by atoms with E-state index in [0.29, 0.717) is 0 Å². The summed E-state index contributed by atoms with van der Waals surface area (Å²) in [6.45, 7) is 2.34. The second-order valence-electron chi connectivity index (χ2n) is 8.96. The zero-order valence-electron chi connectivity index (χ0n) is 17.3. The lowest BCUT2D eigenvalue weighted by Crippen LogP contribution is -2.24. The number of rotatable bonds is 1. The second-order valence-corrected chi connectivity index (χ2v) is 8.96. The molecule has 0 bridgehead atoms. The molecule has 1 N–H and O–H groups in total. The molecule has 0 fully saturated rings. The van der Waals surface area contributed by atoms with Crippen LogP contribution in [-0.4, -0.2) is 4.98 Å². The van der Waals surface area contributed by atoms with Gasteiger partial charge in [-0.15, -0.1) is 0 Å². The lowest BCUT2D eigenvalue weighted by molar-refractivity contribution is 0.589. The van der Waals surface area contributed by atoms with E-state index < -0.39 is 0 Å². The van der Waals surface area contributed by atoms with Gasteiger partial charge in [-0.2, -0.15) is 0 Å². The van der Waals surface area contributed by atoms with Crippen LogP contribution in [-0.2, 0) is 11.8 Å². The van der Waals surface area contributed by atoms with Crippen LogP contribution in [0.5, 0.6) is 0 Å². The first-order chi connectivity index (χ1) is 15.2. The lowest BCUT2D eigenvalue weighted by Gasteiger charge is -2.30. The van der Waals surface area contributed by atoms with Crippen molar-refractivity contribution >= 4 is 49.7 Å². The molecule has 0 spiro atoms. The molecule has 148 valence electrons. The molecular formula is C29H21NO. The van der Waals surface area contributed by atoms with Gasteiger partial charge in [-0.3, -0.25) is 0 Å². The van der Waals surface area contributed by atoms with Crippen molar-refractivity contribution in [3.05, 3.63) is 102 Å². The van der Waals surface area contributed by atoms with Crippen LogP contribution in [0.2, 0.25) is 0 Å². The fourth-order valence-corrected chi connectivity index (χ4v) is 5.35. The topological polar surface area (TPSA) is 28.9 Å². The molecule has 2 nitrogen and oxygen atoms in total. The smallest absolute Gasteiger partial charge is 0.136 e. The van der Waals surface area contributed by atoms with Crippen molar-refractivity contribution in [1.29, 1.82) is 0 Å². The first-order valence-electron chi connectivity index (χ1n) is 10.8. The highest BCUT2D eigenvalue weighted by Gasteiger charge is 2.30. The standard InChI is InChI=1S/C29H21NO/c1-29(15-14-25-23(17-29)21-8-4-5-9-24(21)30-25)19-11-13-26-22(16-19)28-20-7-3-2-6-18(20)10-12-27(28)31-26/h2-16,30H,17H2,1H3. The SMILES string of the molecule is CC1(c2ccc3oc4ccc5ccccc5c4c3c2)C=Cc2[nH]c3ccccc3c2C1. The predicted octanol–water partition coefficient (Wildman–Crippen LogP) is 7.75. The molecule has 1 aliphatic rings. The van der Waals surface area contributed by atoms with Gasteiger partial charge in [-0.05, 0) is 58.7 Å². The van der Waals surface area contributed by atoms with Gasteiger partial charge in [0.25, 0.3) is 0 Å². The minimum absolute atomic E-state index is 0.0691. The van der Waals surface area contributed by atoms with Crippen LogP contribution >= 0.6 is 0 Å². The number of benzene rings is 4. The maximum absolute atomic E-state index is 6.21. The highest BCUT2D eigenvalue weighted by Crippen LogP contribution is 2.41. The Balaban J connectivity index is 1.44. The molecule has 2 aromatic heterocycles. The quantitative estimate of drug-likeness (QED) is 0.301. The summed E-state index contributed by atoms with van der Waals surface area (Å²) in [5.74, 6) is 0. The third-order valence-electron chi connectivity index (χ3n) is 7.03. The van der Waals surface area contributed by atoms with E-state index in [1.807, 2.05) is 0 Å². The molecule has 1 aliphatic carbocycles. The molecule has 1 unspecified atom stereocenters. The monoisotopic (exact) mass is 399 g/mol. The van der Waals surface area contributed by atoms with Crippen molar-refractivity contribution in [3.63, 3.8) is 0 Å². The second kappa shape index (κ2) is 5.89. The number of aromatic nitrogens is 1. The van der Waals surface area contributed by atoms with E-state index in [9.17, 15) is 0 Å². The van der Waals surface area contributed by atoms with Crippen LogP contribution in [0.15, 0.2) is 89.4 Å². The molecule has 2 heteroatoms. The molecule has 31 heavy (non-hydrogen) atoms. The fraction of sp³-hybridized carbons (Fsp3) is 0.103. The Bertz CT molecular complexity index is 1680. The van der Waals surface area contributed by atoms with Crippen LogP contribution in [0.1, 0.15) is 23.7 Å². The van der Waals surface area contributed by atoms with Gasteiger partial charge >= 0.3 is 0 Å². The van der Waals surface area contributed by atoms with Gasteiger partial charge < -0.3 is 9.40 Å². The average molecular weight is 399 g/mol. The van der Waals surface area contributed by atoms with E-state index in [1.165, 1.54) is 49.3 Å². The minimum atomic E-state index is -0.0691. The Kier molecular flexibility index (Phi) is 3.22. The van der Waals surface area contributed by atoms with E-state index in [1.54, 1.807) is 0 Å². The number of allylic oxidation sites excluding steroid dienone is 1. The highest BCUT2D eigenvalue weighted by atomic mass is 16.3. The summed E-state index contributed by atoms with van der Waals surface area (Å²) in [6.07, 6.45) is 5.59. The van der Waals surface area contributed by atoms with Crippen molar-refractivity contribution in [3.8, 4) is 0 Å². The summed E-state index contributed by atoms with van der Waals surface area (Å²) >= 11 is 0. The van der Waals surface area contributed by atoms with Crippen LogP contribution in [0.25, 0.3) is 49.7 Å². The number of H-pyrrole nitrogens is 1. The van der Waals surface area contributed by atoms with Gasteiger partial charge in [0.15, 0.2) is 0 Å². The number of aromatic amines is 1. The van der Waals surface area contributed by atoms with Crippen molar-refractivity contribution in [2.45, 2.75) is 18.8 Å². The van der Waals surface area contributed by atoms with Gasteiger partial charge in [-0.25, -0.2) is 0 Å². The van der Waals surface area contributed by atoms with E-state index >= 15 is 0 Å². The molecule has 1 atom stereocenters. The number of para-hydroxylation sites is 1. The Morgan fingerprint density at radius 1 is 0.806 bits per heavy atom. The van der Waals surface area contributed by atoms with Gasteiger partial charge in [0.05, 0.1) is 0 Å². The zero-order valence-corrected chi connectivity index (χ0v) is 17.3. The summed E-state index contributed by atoms with van der Waals surface area (Å²) in [5, 5.41) is 6.23. The minimum Gasteiger partial charge on any atom is -0.456 e. The van der Waals surface area contributed by atoms with Crippen molar-refractivity contribution in [1.82, 2.24) is 4.98 Å². The molecule has 2 heterocycles. The summed E-state index contributed by atoms with van der Waals surface area (Å²) in [7, 11) is 0. The summed E-state index contributed by atoms with van der Waals surface area (Å²) in [6, 6.07) is 28.1.